The Morgan fingerprint density at radius 2 is 2.16 bits per heavy atom. The summed E-state index contributed by atoms with van der Waals surface area (Å²) in [7, 11) is 0. The average Bonchev–Trinajstić information content (AvgIpc) is 3.23. The first-order valence-corrected chi connectivity index (χ1v) is 9.09. The summed E-state index contributed by atoms with van der Waals surface area (Å²) in [4.78, 5) is 33.8. The van der Waals surface area contributed by atoms with E-state index in [1.165, 1.54) is 16.7 Å². The molecule has 1 saturated heterocycles. The van der Waals surface area contributed by atoms with Crippen molar-refractivity contribution in [3.05, 3.63) is 30.4 Å². The maximum atomic E-state index is 12.3. The Balaban J connectivity index is 1.70. The Labute approximate surface area is 149 Å². The van der Waals surface area contributed by atoms with Crippen LogP contribution in [0.25, 0.3) is 11.4 Å². The minimum Gasteiger partial charge on any atom is -0.342 e. The summed E-state index contributed by atoms with van der Waals surface area (Å²) in [5, 5.41) is 6.87. The molecule has 1 N–H and O–H groups in total. The molecule has 0 bridgehead atoms. The molecule has 1 fully saturated rings. The molecule has 2 aromatic heterocycles. The monoisotopic (exact) mass is 361 g/mol. The van der Waals surface area contributed by atoms with E-state index in [9.17, 15) is 9.59 Å². The molecule has 0 spiro atoms. The van der Waals surface area contributed by atoms with E-state index in [2.05, 4.69) is 20.4 Å². The molecule has 3 rings (SSSR count). The highest BCUT2D eigenvalue weighted by molar-refractivity contribution is 8.00. The Morgan fingerprint density at radius 1 is 1.40 bits per heavy atom. The van der Waals surface area contributed by atoms with Crippen LogP contribution >= 0.6 is 11.8 Å². The molecule has 1 aliphatic heterocycles. The van der Waals surface area contributed by atoms with Crippen molar-refractivity contribution in [3.63, 3.8) is 0 Å². The van der Waals surface area contributed by atoms with Gasteiger partial charge in [-0.25, -0.2) is 0 Å². The van der Waals surface area contributed by atoms with Crippen molar-refractivity contribution in [2.75, 3.05) is 18.2 Å². The molecule has 2 aromatic rings. The molecule has 2 amide bonds. The van der Waals surface area contributed by atoms with Gasteiger partial charge in [-0.05, 0) is 18.1 Å². The van der Waals surface area contributed by atoms with Gasteiger partial charge in [0.2, 0.25) is 23.5 Å². The van der Waals surface area contributed by atoms with Crippen LogP contribution in [0.1, 0.15) is 25.8 Å². The lowest BCUT2D eigenvalue weighted by Gasteiger charge is -2.20. The Morgan fingerprint density at radius 3 is 2.80 bits per heavy atom. The van der Waals surface area contributed by atoms with E-state index in [4.69, 9.17) is 4.52 Å². The molecule has 25 heavy (non-hydrogen) atoms. The third kappa shape index (κ3) is 4.16. The molecule has 132 valence electrons. The van der Waals surface area contributed by atoms with Crippen molar-refractivity contribution < 1.29 is 14.1 Å². The summed E-state index contributed by atoms with van der Waals surface area (Å²) in [6.45, 7) is 3.95. The summed E-state index contributed by atoms with van der Waals surface area (Å²) >= 11 is 1.51. The minimum absolute atomic E-state index is 0.0148. The van der Waals surface area contributed by atoms with Crippen LogP contribution in [-0.2, 0) is 9.59 Å². The lowest BCUT2D eigenvalue weighted by atomic mass is 10.0. The molecule has 0 aromatic carbocycles. The number of hydrogen-bond acceptors (Lipinski definition) is 7. The second-order valence-electron chi connectivity index (χ2n) is 6.05. The highest BCUT2D eigenvalue weighted by Crippen LogP contribution is 2.23. The van der Waals surface area contributed by atoms with Crippen molar-refractivity contribution in [1.29, 1.82) is 0 Å². The number of nitrogens with one attached hydrogen (secondary N) is 1. The summed E-state index contributed by atoms with van der Waals surface area (Å²) in [5.41, 5.74) is 0.790. The zero-order valence-corrected chi connectivity index (χ0v) is 14.8. The van der Waals surface area contributed by atoms with E-state index in [-0.39, 0.29) is 24.3 Å². The van der Waals surface area contributed by atoms with E-state index in [1.54, 1.807) is 24.5 Å². The van der Waals surface area contributed by atoms with Crippen LogP contribution in [0.5, 0.6) is 0 Å². The lowest BCUT2D eigenvalue weighted by Crippen LogP contribution is -2.41. The van der Waals surface area contributed by atoms with Crippen LogP contribution in [0.3, 0.4) is 0 Å². The number of thioether (sulfide) groups is 1. The van der Waals surface area contributed by atoms with Crippen LogP contribution < -0.4 is 5.32 Å². The largest absolute Gasteiger partial charge is 0.342 e. The van der Waals surface area contributed by atoms with Gasteiger partial charge in [0.15, 0.2) is 0 Å². The number of amides is 2. The van der Waals surface area contributed by atoms with Gasteiger partial charge < -0.3 is 14.7 Å². The van der Waals surface area contributed by atoms with E-state index in [0.717, 1.165) is 5.56 Å². The average molecular weight is 361 g/mol. The Bertz CT molecular complexity index is 749. The molecule has 3 heterocycles. The zero-order valence-electron chi connectivity index (χ0n) is 14.0. The number of rotatable bonds is 6. The first-order valence-electron chi connectivity index (χ1n) is 7.93. The number of carbonyl (C=O) groups excluding carboxylic acids is 2. The van der Waals surface area contributed by atoms with Crippen LogP contribution in [0.15, 0.2) is 29.0 Å². The molecule has 1 atom stereocenters. The number of hydrogen-bond donors (Lipinski definition) is 1. The van der Waals surface area contributed by atoms with Gasteiger partial charge in [-0.3, -0.25) is 14.6 Å². The van der Waals surface area contributed by atoms with Crippen molar-refractivity contribution in [3.8, 4) is 11.4 Å². The van der Waals surface area contributed by atoms with Crippen molar-refractivity contribution in [2.24, 2.45) is 5.92 Å². The normalized spacial score (nSPS) is 15.6. The molecular weight excluding hydrogens is 342 g/mol. The zero-order chi connectivity index (χ0) is 17.8. The molecule has 0 saturated carbocycles. The van der Waals surface area contributed by atoms with Gasteiger partial charge in [-0.1, -0.05) is 19.0 Å². The molecule has 0 unspecified atom stereocenters. The first-order chi connectivity index (χ1) is 12.0. The quantitative estimate of drug-likeness (QED) is 0.831. The van der Waals surface area contributed by atoms with Crippen LogP contribution in [0.2, 0.25) is 0 Å². The fourth-order valence-electron chi connectivity index (χ4n) is 2.43. The third-order valence-electron chi connectivity index (χ3n) is 3.79. The second kappa shape index (κ2) is 7.64. The minimum atomic E-state index is -0.416. The lowest BCUT2D eigenvalue weighted by molar-refractivity contribution is -0.132. The van der Waals surface area contributed by atoms with Gasteiger partial charge in [0.25, 0.3) is 0 Å². The molecule has 1 aliphatic rings. The van der Waals surface area contributed by atoms with Gasteiger partial charge in [0.1, 0.15) is 12.6 Å². The maximum Gasteiger partial charge on any atom is 0.249 e. The van der Waals surface area contributed by atoms with Crippen molar-refractivity contribution in [1.82, 2.24) is 25.3 Å². The highest BCUT2D eigenvalue weighted by Gasteiger charge is 2.28. The molecule has 0 radical (unpaired) electrons. The predicted octanol–water partition coefficient (Wildman–Crippen LogP) is 1.48. The predicted molar refractivity (Wildman–Crippen MR) is 92.3 cm³/mol. The number of nitrogens with zero attached hydrogens (tertiary/aromatic N) is 4. The highest BCUT2D eigenvalue weighted by atomic mass is 32.2. The Hall–Kier alpha value is -2.42. The molecule has 8 nitrogen and oxygen atoms in total. The number of aromatic nitrogens is 3. The summed E-state index contributed by atoms with van der Waals surface area (Å²) in [5.74, 6) is 1.57. The van der Waals surface area contributed by atoms with Crippen molar-refractivity contribution >= 4 is 23.6 Å². The van der Waals surface area contributed by atoms with Crippen LogP contribution in [0.4, 0.5) is 0 Å². The van der Waals surface area contributed by atoms with Crippen LogP contribution in [-0.4, -0.2) is 50.0 Å². The van der Waals surface area contributed by atoms with E-state index in [1.807, 2.05) is 13.8 Å². The van der Waals surface area contributed by atoms with Gasteiger partial charge in [0, 0.05) is 18.0 Å². The standard InChI is InChI=1S/C16H19N5O3S/c1-10(2)14(18-12(22)7-21-9-25-8-13(21)23)16-19-15(20-24-16)11-3-5-17-6-4-11/h3-6,10,14H,7-9H2,1-2H3,(H,18,22)/t14-/m1/s1. The van der Waals surface area contributed by atoms with Crippen LogP contribution in [0, 0.1) is 5.92 Å². The number of pyridine rings is 1. The third-order valence-corrected chi connectivity index (χ3v) is 4.73. The van der Waals surface area contributed by atoms with Gasteiger partial charge in [-0.2, -0.15) is 4.98 Å². The summed E-state index contributed by atoms with van der Waals surface area (Å²) in [6, 6.07) is 3.16. The number of carbonyl (C=O) groups is 2. The SMILES string of the molecule is CC(C)[C@@H](NC(=O)CN1CSCC1=O)c1nc(-c2ccncc2)no1. The molecule has 0 aliphatic carbocycles. The van der Waals surface area contributed by atoms with Crippen molar-refractivity contribution in [2.45, 2.75) is 19.9 Å². The fourth-order valence-corrected chi connectivity index (χ4v) is 3.33. The smallest absolute Gasteiger partial charge is 0.249 e. The molecule has 9 heteroatoms. The maximum absolute atomic E-state index is 12.3. The Kier molecular flexibility index (Phi) is 5.32. The van der Waals surface area contributed by atoms with Gasteiger partial charge >= 0.3 is 0 Å². The van der Waals surface area contributed by atoms with Gasteiger partial charge in [-0.15, -0.1) is 11.8 Å². The first kappa shape index (κ1) is 17.4. The summed E-state index contributed by atoms with van der Waals surface area (Å²) in [6.07, 6.45) is 3.30. The fraction of sp³-hybridized carbons (Fsp3) is 0.438. The second-order valence-corrected chi connectivity index (χ2v) is 7.01. The van der Waals surface area contributed by atoms with E-state index >= 15 is 0 Å². The van der Waals surface area contributed by atoms with E-state index < -0.39 is 6.04 Å². The topological polar surface area (TPSA) is 101 Å². The summed E-state index contributed by atoms with van der Waals surface area (Å²) < 4.78 is 5.35. The van der Waals surface area contributed by atoms with Gasteiger partial charge in [0.05, 0.1) is 11.6 Å². The van der Waals surface area contributed by atoms with E-state index in [0.29, 0.717) is 23.3 Å². The molecular formula is C16H19N5O3S.